The molecular formula is C11H13N3O4S. The number of rotatable bonds is 7. The first-order valence-electron chi connectivity index (χ1n) is 5.61. The molecule has 0 fully saturated rings. The van der Waals surface area contributed by atoms with Crippen molar-refractivity contribution in [3.8, 4) is 0 Å². The Morgan fingerprint density at radius 3 is 3.05 bits per heavy atom. The molecule has 2 aromatic heterocycles. The van der Waals surface area contributed by atoms with Crippen LogP contribution in [0.1, 0.15) is 4.88 Å². The van der Waals surface area contributed by atoms with E-state index in [1.807, 2.05) is 17.5 Å². The number of thiophene rings is 1. The molecule has 0 saturated heterocycles. The van der Waals surface area contributed by atoms with Crippen LogP contribution in [-0.4, -0.2) is 32.5 Å². The van der Waals surface area contributed by atoms with E-state index in [1.165, 1.54) is 16.9 Å². The quantitative estimate of drug-likeness (QED) is 0.613. The normalized spacial score (nSPS) is 12.5. The summed E-state index contributed by atoms with van der Waals surface area (Å²) in [4.78, 5) is 11.0. The molecule has 0 aliphatic rings. The summed E-state index contributed by atoms with van der Waals surface area (Å²) in [5, 5.41) is 25.8. The maximum Gasteiger partial charge on any atom is 0.389 e. The van der Waals surface area contributed by atoms with Gasteiger partial charge in [-0.15, -0.1) is 11.3 Å². The van der Waals surface area contributed by atoms with Crippen LogP contribution in [-0.2, 0) is 17.9 Å². The summed E-state index contributed by atoms with van der Waals surface area (Å²) in [5.41, 5.74) is 0. The molecule has 0 amide bonds. The van der Waals surface area contributed by atoms with E-state index in [0.717, 1.165) is 4.88 Å². The third-order valence-corrected chi connectivity index (χ3v) is 3.20. The smallest absolute Gasteiger partial charge is 0.389 e. The lowest BCUT2D eigenvalue weighted by atomic mass is 10.4. The third kappa shape index (κ3) is 4.12. The van der Waals surface area contributed by atoms with Gasteiger partial charge in [-0.05, 0) is 16.4 Å². The van der Waals surface area contributed by atoms with Crippen LogP contribution in [0.25, 0.3) is 0 Å². The molecule has 0 radical (unpaired) electrons. The maximum absolute atomic E-state index is 10.4. The van der Waals surface area contributed by atoms with Gasteiger partial charge in [0, 0.05) is 4.88 Å². The van der Waals surface area contributed by atoms with Gasteiger partial charge in [-0.3, -0.25) is 0 Å². The summed E-state index contributed by atoms with van der Waals surface area (Å²) in [5.74, 6) is -0.230. The Balaban J connectivity index is 1.74. The van der Waals surface area contributed by atoms with E-state index in [1.54, 1.807) is 11.3 Å². The van der Waals surface area contributed by atoms with Crippen LogP contribution in [0, 0.1) is 10.1 Å². The molecule has 2 aromatic rings. The SMILES string of the molecule is O=[N+]([O-])c1ccn(CC(O)COCc2cccs2)n1. The summed E-state index contributed by atoms with van der Waals surface area (Å²) >= 11 is 1.59. The Hall–Kier alpha value is -1.77. The van der Waals surface area contributed by atoms with Crippen LogP contribution >= 0.6 is 11.3 Å². The molecule has 2 rings (SSSR count). The molecule has 0 spiro atoms. The van der Waals surface area contributed by atoms with Gasteiger partial charge in [-0.2, -0.15) is 4.68 Å². The number of aliphatic hydroxyl groups is 1. The topological polar surface area (TPSA) is 90.4 Å². The third-order valence-electron chi connectivity index (χ3n) is 2.35. The van der Waals surface area contributed by atoms with E-state index in [4.69, 9.17) is 4.74 Å². The van der Waals surface area contributed by atoms with Crippen LogP contribution in [0.15, 0.2) is 29.8 Å². The number of aromatic nitrogens is 2. The monoisotopic (exact) mass is 283 g/mol. The molecule has 8 heteroatoms. The average molecular weight is 283 g/mol. The zero-order valence-corrected chi connectivity index (χ0v) is 10.8. The van der Waals surface area contributed by atoms with Crippen LogP contribution in [0.4, 0.5) is 5.82 Å². The van der Waals surface area contributed by atoms with E-state index in [2.05, 4.69) is 5.10 Å². The Kier molecular flexibility index (Phi) is 4.61. The lowest BCUT2D eigenvalue weighted by Crippen LogP contribution is -2.22. The van der Waals surface area contributed by atoms with E-state index in [-0.39, 0.29) is 19.0 Å². The lowest BCUT2D eigenvalue weighted by Gasteiger charge is -2.08. The van der Waals surface area contributed by atoms with Crippen molar-refractivity contribution in [1.29, 1.82) is 0 Å². The van der Waals surface area contributed by atoms with Crippen molar-refractivity contribution in [2.24, 2.45) is 0 Å². The van der Waals surface area contributed by atoms with Gasteiger partial charge in [0.2, 0.25) is 0 Å². The van der Waals surface area contributed by atoms with Gasteiger partial charge in [-0.25, -0.2) is 0 Å². The number of hydrogen-bond acceptors (Lipinski definition) is 6. The van der Waals surface area contributed by atoms with Crippen molar-refractivity contribution >= 4 is 17.2 Å². The molecule has 0 aliphatic heterocycles. The largest absolute Gasteiger partial charge is 0.389 e. The van der Waals surface area contributed by atoms with E-state index < -0.39 is 11.0 Å². The van der Waals surface area contributed by atoms with Crippen LogP contribution < -0.4 is 0 Å². The van der Waals surface area contributed by atoms with Crippen LogP contribution in [0.3, 0.4) is 0 Å². The fourth-order valence-corrected chi connectivity index (χ4v) is 2.15. The molecule has 0 aliphatic carbocycles. The number of ether oxygens (including phenoxy) is 1. The van der Waals surface area contributed by atoms with Gasteiger partial charge < -0.3 is 20.0 Å². The van der Waals surface area contributed by atoms with Gasteiger partial charge in [0.15, 0.2) is 0 Å². The highest BCUT2D eigenvalue weighted by atomic mass is 32.1. The second-order valence-electron chi connectivity index (χ2n) is 3.90. The number of aliphatic hydroxyl groups excluding tert-OH is 1. The first-order chi connectivity index (χ1) is 9.15. The highest BCUT2D eigenvalue weighted by Gasteiger charge is 2.14. The molecular weight excluding hydrogens is 270 g/mol. The minimum absolute atomic E-state index is 0.158. The summed E-state index contributed by atoms with van der Waals surface area (Å²) in [7, 11) is 0. The van der Waals surface area contributed by atoms with Crippen LogP contribution in [0.5, 0.6) is 0 Å². The minimum atomic E-state index is -0.750. The van der Waals surface area contributed by atoms with Crippen molar-refractivity contribution in [3.63, 3.8) is 0 Å². The molecule has 1 atom stereocenters. The standard InChI is InChI=1S/C11H13N3O4S/c15-9(7-18-8-10-2-1-5-19-10)6-13-4-3-11(12-13)14(16)17/h1-5,9,15H,6-8H2. The Morgan fingerprint density at radius 1 is 1.58 bits per heavy atom. The second-order valence-corrected chi connectivity index (χ2v) is 4.93. The molecule has 0 aromatic carbocycles. The van der Waals surface area contributed by atoms with Gasteiger partial charge >= 0.3 is 5.82 Å². The highest BCUT2D eigenvalue weighted by molar-refractivity contribution is 7.09. The van der Waals surface area contributed by atoms with Gasteiger partial charge in [0.05, 0.1) is 43.2 Å². The van der Waals surface area contributed by atoms with Gasteiger partial charge in [-0.1, -0.05) is 6.07 Å². The Bertz CT molecular complexity index is 526. The number of nitrogens with zero attached hydrogens (tertiary/aromatic N) is 3. The molecule has 0 bridgehead atoms. The Labute approximate surface area is 113 Å². The molecule has 2 heterocycles. The van der Waals surface area contributed by atoms with E-state index in [0.29, 0.717) is 6.61 Å². The molecule has 1 unspecified atom stereocenters. The minimum Gasteiger partial charge on any atom is -0.389 e. The zero-order valence-electron chi connectivity index (χ0n) is 10.0. The number of nitro groups is 1. The second kappa shape index (κ2) is 6.41. The van der Waals surface area contributed by atoms with Crippen molar-refractivity contribution in [1.82, 2.24) is 9.78 Å². The molecule has 19 heavy (non-hydrogen) atoms. The predicted molar refractivity (Wildman–Crippen MR) is 68.9 cm³/mol. The first kappa shape index (κ1) is 13.7. The zero-order chi connectivity index (χ0) is 13.7. The van der Waals surface area contributed by atoms with Crippen molar-refractivity contribution in [2.75, 3.05) is 6.61 Å². The fraction of sp³-hybridized carbons (Fsp3) is 0.364. The molecule has 102 valence electrons. The lowest BCUT2D eigenvalue weighted by molar-refractivity contribution is -0.389. The molecule has 0 saturated carbocycles. The summed E-state index contributed by atoms with van der Waals surface area (Å²) < 4.78 is 6.68. The van der Waals surface area contributed by atoms with Crippen molar-refractivity contribution in [2.45, 2.75) is 19.3 Å². The molecule has 1 N–H and O–H groups in total. The van der Waals surface area contributed by atoms with Gasteiger partial charge in [0.1, 0.15) is 0 Å². The predicted octanol–water partition coefficient (Wildman–Crippen LogP) is 1.43. The molecule has 7 nitrogen and oxygen atoms in total. The maximum atomic E-state index is 10.4. The van der Waals surface area contributed by atoms with E-state index in [9.17, 15) is 15.2 Å². The first-order valence-corrected chi connectivity index (χ1v) is 6.49. The average Bonchev–Trinajstić information content (AvgIpc) is 3.00. The summed E-state index contributed by atoms with van der Waals surface area (Å²) in [6.07, 6.45) is 0.708. The Morgan fingerprint density at radius 2 is 2.42 bits per heavy atom. The summed E-state index contributed by atoms with van der Waals surface area (Å²) in [6.45, 7) is 0.776. The van der Waals surface area contributed by atoms with Gasteiger partial charge in [0.25, 0.3) is 0 Å². The summed E-state index contributed by atoms with van der Waals surface area (Å²) in [6, 6.07) is 5.18. The van der Waals surface area contributed by atoms with E-state index >= 15 is 0 Å². The van der Waals surface area contributed by atoms with Crippen LogP contribution in [0.2, 0.25) is 0 Å². The van der Waals surface area contributed by atoms with Crippen molar-refractivity contribution < 1.29 is 14.8 Å². The highest BCUT2D eigenvalue weighted by Crippen LogP contribution is 2.10. The number of hydrogen-bond donors (Lipinski definition) is 1. The van der Waals surface area contributed by atoms with Crippen molar-refractivity contribution in [3.05, 3.63) is 44.8 Å². The fourth-order valence-electron chi connectivity index (χ4n) is 1.51.